The van der Waals surface area contributed by atoms with Crippen molar-refractivity contribution in [3.05, 3.63) is 35.2 Å². The van der Waals surface area contributed by atoms with Crippen molar-refractivity contribution in [1.29, 1.82) is 0 Å². The Balaban J connectivity index is 1.54. The number of aliphatic hydroxyl groups is 1. The highest BCUT2D eigenvalue weighted by Gasteiger charge is 2.28. The lowest BCUT2D eigenvalue weighted by atomic mass is 10.1. The second kappa shape index (κ2) is 7.96. The fraction of sp³-hybridized carbons (Fsp3) is 0.500. The number of fused-ring (bicyclic) bond motifs is 1. The molecule has 1 aliphatic heterocycles. The van der Waals surface area contributed by atoms with Gasteiger partial charge >= 0.3 is 6.03 Å². The summed E-state index contributed by atoms with van der Waals surface area (Å²) in [7, 11) is 0. The molecule has 2 atom stereocenters. The summed E-state index contributed by atoms with van der Waals surface area (Å²) in [5.41, 5.74) is 1.28. The van der Waals surface area contributed by atoms with Crippen molar-refractivity contribution in [2.24, 2.45) is 0 Å². The highest BCUT2D eigenvalue weighted by Crippen LogP contribution is 2.25. The Morgan fingerprint density at radius 1 is 1.50 bits per heavy atom. The van der Waals surface area contributed by atoms with Gasteiger partial charge in [-0.1, -0.05) is 18.2 Å². The van der Waals surface area contributed by atoms with Crippen molar-refractivity contribution >= 4 is 27.5 Å². The average molecular weight is 348 g/mol. The number of morpholine rings is 1. The molecule has 1 aromatic heterocycles. The van der Waals surface area contributed by atoms with Crippen LogP contribution in [0, 0.1) is 0 Å². The number of hydrogen-bond acceptors (Lipinski definition) is 4. The van der Waals surface area contributed by atoms with Crippen LogP contribution < -0.4 is 5.32 Å². The van der Waals surface area contributed by atoms with Crippen LogP contribution in [0.15, 0.2) is 29.6 Å². The zero-order chi connectivity index (χ0) is 16.9. The first-order valence-corrected chi connectivity index (χ1v) is 9.28. The van der Waals surface area contributed by atoms with Gasteiger partial charge in [0.2, 0.25) is 0 Å². The maximum absolute atomic E-state index is 12.5. The first-order chi connectivity index (χ1) is 11.6. The fourth-order valence-corrected chi connectivity index (χ4v) is 4.14. The van der Waals surface area contributed by atoms with Gasteiger partial charge in [-0.15, -0.1) is 11.3 Å². The normalized spacial score (nSPS) is 19.4. The van der Waals surface area contributed by atoms with Crippen LogP contribution in [0.2, 0.25) is 0 Å². The van der Waals surface area contributed by atoms with Gasteiger partial charge in [-0.2, -0.15) is 0 Å². The van der Waals surface area contributed by atoms with Crippen molar-refractivity contribution < 1.29 is 14.6 Å². The summed E-state index contributed by atoms with van der Waals surface area (Å²) in [5.74, 6) is 0. The van der Waals surface area contributed by atoms with Gasteiger partial charge in [0.15, 0.2) is 0 Å². The third kappa shape index (κ3) is 4.06. The number of nitrogens with one attached hydrogen (secondary N) is 1. The largest absolute Gasteiger partial charge is 0.393 e. The number of thiophene rings is 1. The number of carbonyl (C=O) groups is 1. The van der Waals surface area contributed by atoms with E-state index in [4.69, 9.17) is 4.74 Å². The molecule has 1 saturated heterocycles. The standard InChI is InChI=1S/C18H24N2O3S/c1-13(21)10-15-11-23-9-8-20(15)18(22)19-7-6-14-12-24-17-5-3-2-4-16(14)17/h2-5,12-13,15,21H,6-11H2,1H3,(H,19,22)/t13-,15+/m1/s1. The van der Waals surface area contributed by atoms with E-state index >= 15 is 0 Å². The molecular formula is C18H24N2O3S. The third-order valence-corrected chi connectivity index (χ3v) is 5.35. The van der Waals surface area contributed by atoms with Crippen molar-refractivity contribution in [3.63, 3.8) is 0 Å². The lowest BCUT2D eigenvalue weighted by Crippen LogP contribution is -2.53. The Bertz CT molecular complexity index is 686. The molecule has 130 valence electrons. The molecule has 2 heterocycles. The summed E-state index contributed by atoms with van der Waals surface area (Å²) in [4.78, 5) is 14.3. The second-order valence-electron chi connectivity index (χ2n) is 6.25. The number of nitrogens with zero attached hydrogens (tertiary/aromatic N) is 1. The van der Waals surface area contributed by atoms with Crippen molar-refractivity contribution in [1.82, 2.24) is 10.2 Å². The summed E-state index contributed by atoms with van der Waals surface area (Å²) >= 11 is 1.74. The first-order valence-electron chi connectivity index (χ1n) is 8.40. The summed E-state index contributed by atoms with van der Waals surface area (Å²) in [6, 6.07) is 8.22. The van der Waals surface area contributed by atoms with Crippen LogP contribution in [0.3, 0.4) is 0 Å². The Kier molecular flexibility index (Phi) is 5.71. The smallest absolute Gasteiger partial charge is 0.317 e. The monoisotopic (exact) mass is 348 g/mol. The van der Waals surface area contributed by atoms with Crippen LogP contribution in [-0.2, 0) is 11.2 Å². The van der Waals surface area contributed by atoms with Crippen LogP contribution in [0.4, 0.5) is 4.79 Å². The molecule has 2 N–H and O–H groups in total. The molecule has 3 rings (SSSR count). The van der Waals surface area contributed by atoms with Crippen LogP contribution >= 0.6 is 11.3 Å². The van der Waals surface area contributed by atoms with E-state index in [0.29, 0.717) is 32.7 Å². The molecule has 5 nitrogen and oxygen atoms in total. The average Bonchev–Trinajstić information content (AvgIpc) is 2.98. The Hall–Kier alpha value is -1.63. The van der Waals surface area contributed by atoms with Gasteiger partial charge in [0.1, 0.15) is 0 Å². The molecule has 1 fully saturated rings. The summed E-state index contributed by atoms with van der Waals surface area (Å²) in [6.07, 6.45) is 0.924. The topological polar surface area (TPSA) is 61.8 Å². The van der Waals surface area contributed by atoms with Gasteiger partial charge in [-0.25, -0.2) is 4.79 Å². The SMILES string of the molecule is C[C@@H](O)C[C@H]1COCCN1C(=O)NCCc1csc2ccccc12. The summed E-state index contributed by atoms with van der Waals surface area (Å²) in [5, 5.41) is 16.0. The van der Waals surface area contributed by atoms with E-state index in [1.807, 2.05) is 12.1 Å². The number of amides is 2. The molecule has 0 radical (unpaired) electrons. The lowest BCUT2D eigenvalue weighted by molar-refractivity contribution is -0.00425. The van der Waals surface area contributed by atoms with E-state index in [9.17, 15) is 9.90 Å². The Morgan fingerprint density at radius 2 is 2.33 bits per heavy atom. The number of rotatable bonds is 5. The zero-order valence-electron chi connectivity index (χ0n) is 13.9. The van der Waals surface area contributed by atoms with Crippen LogP contribution in [-0.4, -0.2) is 54.5 Å². The molecule has 0 aliphatic carbocycles. The number of ether oxygens (including phenoxy) is 1. The van der Waals surface area contributed by atoms with E-state index < -0.39 is 6.10 Å². The third-order valence-electron chi connectivity index (χ3n) is 4.33. The summed E-state index contributed by atoms with van der Waals surface area (Å²) < 4.78 is 6.73. The quantitative estimate of drug-likeness (QED) is 0.873. The van der Waals surface area contributed by atoms with Crippen LogP contribution in [0.1, 0.15) is 18.9 Å². The van der Waals surface area contributed by atoms with E-state index in [1.54, 1.807) is 23.2 Å². The molecule has 6 heteroatoms. The highest BCUT2D eigenvalue weighted by atomic mass is 32.1. The maximum Gasteiger partial charge on any atom is 0.317 e. The lowest BCUT2D eigenvalue weighted by Gasteiger charge is -2.36. The number of carbonyl (C=O) groups excluding carboxylic acids is 1. The Morgan fingerprint density at radius 3 is 3.17 bits per heavy atom. The summed E-state index contributed by atoms with van der Waals surface area (Å²) in [6.45, 7) is 3.97. The van der Waals surface area contributed by atoms with Gasteiger partial charge < -0.3 is 20.1 Å². The molecule has 0 bridgehead atoms. The molecule has 2 aromatic rings. The van der Waals surface area contributed by atoms with Crippen LogP contribution in [0.5, 0.6) is 0 Å². The maximum atomic E-state index is 12.5. The predicted octanol–water partition coefficient (Wildman–Crippen LogP) is 2.63. The minimum Gasteiger partial charge on any atom is -0.393 e. The van der Waals surface area contributed by atoms with Crippen molar-refractivity contribution in [3.8, 4) is 0 Å². The van der Waals surface area contributed by atoms with Gasteiger partial charge in [0.05, 0.1) is 25.4 Å². The zero-order valence-corrected chi connectivity index (χ0v) is 14.7. The molecule has 0 saturated carbocycles. The van der Waals surface area contributed by atoms with E-state index in [1.165, 1.54) is 15.6 Å². The van der Waals surface area contributed by atoms with Crippen LogP contribution in [0.25, 0.3) is 10.1 Å². The predicted molar refractivity (Wildman–Crippen MR) is 96.5 cm³/mol. The minimum atomic E-state index is -0.441. The van der Waals surface area contributed by atoms with Crippen molar-refractivity contribution in [2.45, 2.75) is 31.9 Å². The molecule has 0 spiro atoms. The number of aliphatic hydroxyl groups excluding tert-OH is 1. The highest BCUT2D eigenvalue weighted by molar-refractivity contribution is 7.17. The van der Waals surface area contributed by atoms with Gasteiger partial charge in [-0.3, -0.25) is 0 Å². The molecule has 2 amide bonds. The van der Waals surface area contributed by atoms with E-state index in [-0.39, 0.29) is 12.1 Å². The molecular weight excluding hydrogens is 324 g/mol. The number of urea groups is 1. The number of hydrogen-bond donors (Lipinski definition) is 2. The van der Waals surface area contributed by atoms with Gasteiger partial charge in [-0.05, 0) is 42.2 Å². The molecule has 1 aliphatic rings. The minimum absolute atomic E-state index is 0.0549. The molecule has 0 unspecified atom stereocenters. The van der Waals surface area contributed by atoms with Gasteiger partial charge in [0, 0.05) is 17.8 Å². The molecule has 1 aromatic carbocycles. The fourth-order valence-electron chi connectivity index (χ4n) is 3.14. The van der Waals surface area contributed by atoms with Crippen molar-refractivity contribution in [2.75, 3.05) is 26.3 Å². The second-order valence-corrected chi connectivity index (χ2v) is 7.16. The van der Waals surface area contributed by atoms with E-state index in [2.05, 4.69) is 22.8 Å². The first kappa shape index (κ1) is 17.2. The van der Waals surface area contributed by atoms with Gasteiger partial charge in [0.25, 0.3) is 0 Å². The van der Waals surface area contributed by atoms with E-state index in [0.717, 1.165) is 6.42 Å². The number of benzene rings is 1. The molecule has 24 heavy (non-hydrogen) atoms. The Labute approximate surface area is 146 Å².